The van der Waals surface area contributed by atoms with Crippen LogP contribution in [0.5, 0.6) is 5.75 Å². The van der Waals surface area contributed by atoms with Gasteiger partial charge in [-0.15, -0.1) is 10.2 Å². The smallest absolute Gasteiger partial charge is 0.188 e. The van der Waals surface area contributed by atoms with E-state index in [9.17, 15) is 5.11 Å². The molecule has 1 aliphatic heterocycles. The second kappa shape index (κ2) is 8.74. The summed E-state index contributed by atoms with van der Waals surface area (Å²) >= 11 is 6.23. The van der Waals surface area contributed by atoms with E-state index in [0.29, 0.717) is 28.8 Å². The number of halogens is 1. The SMILES string of the molecule is [C-]#[N+]c1ccc2c(N3CCCC3CO)nnc(NCc3ccc(OC)c(Cl)c3)c2c1. The molecule has 1 fully saturated rings. The molecule has 0 aliphatic carbocycles. The maximum atomic E-state index is 9.71. The summed E-state index contributed by atoms with van der Waals surface area (Å²) in [6, 6.07) is 11.2. The van der Waals surface area contributed by atoms with Gasteiger partial charge in [0.1, 0.15) is 5.75 Å². The number of methoxy groups -OCH3 is 1. The number of benzene rings is 2. The Balaban J connectivity index is 1.69. The summed E-state index contributed by atoms with van der Waals surface area (Å²) in [6.07, 6.45) is 1.94. The van der Waals surface area contributed by atoms with Crippen LogP contribution in [0.2, 0.25) is 5.02 Å². The number of aliphatic hydroxyl groups is 1. The van der Waals surface area contributed by atoms with Crippen molar-refractivity contribution in [1.82, 2.24) is 10.2 Å². The predicted octanol–water partition coefficient (Wildman–Crippen LogP) is 4.42. The van der Waals surface area contributed by atoms with E-state index in [-0.39, 0.29) is 12.6 Å². The van der Waals surface area contributed by atoms with Crippen LogP contribution in [0.1, 0.15) is 18.4 Å². The molecule has 154 valence electrons. The minimum absolute atomic E-state index is 0.0447. The molecule has 0 saturated carbocycles. The van der Waals surface area contributed by atoms with E-state index in [2.05, 4.69) is 25.3 Å². The number of fused-ring (bicyclic) bond motifs is 1. The van der Waals surface area contributed by atoms with Gasteiger partial charge in [-0.25, -0.2) is 4.85 Å². The Hall–Kier alpha value is -3.08. The molecular weight excluding hydrogens is 402 g/mol. The van der Waals surface area contributed by atoms with E-state index in [1.54, 1.807) is 13.2 Å². The van der Waals surface area contributed by atoms with Crippen LogP contribution >= 0.6 is 11.6 Å². The van der Waals surface area contributed by atoms with Gasteiger partial charge in [0.05, 0.1) is 31.4 Å². The number of rotatable bonds is 6. The van der Waals surface area contributed by atoms with E-state index in [1.807, 2.05) is 30.3 Å². The van der Waals surface area contributed by atoms with Crippen molar-refractivity contribution < 1.29 is 9.84 Å². The average Bonchev–Trinajstić information content (AvgIpc) is 3.25. The summed E-state index contributed by atoms with van der Waals surface area (Å²) < 4.78 is 5.20. The highest BCUT2D eigenvalue weighted by Gasteiger charge is 2.27. The normalized spacial score (nSPS) is 15.9. The number of hydrogen-bond donors (Lipinski definition) is 2. The van der Waals surface area contributed by atoms with E-state index in [4.69, 9.17) is 22.9 Å². The van der Waals surface area contributed by atoms with Crippen LogP contribution in [0, 0.1) is 6.57 Å². The minimum atomic E-state index is 0.0447. The van der Waals surface area contributed by atoms with Gasteiger partial charge in [-0.2, -0.15) is 0 Å². The van der Waals surface area contributed by atoms with Crippen molar-refractivity contribution in [1.29, 1.82) is 0 Å². The van der Waals surface area contributed by atoms with E-state index >= 15 is 0 Å². The van der Waals surface area contributed by atoms with Gasteiger partial charge in [0.2, 0.25) is 0 Å². The number of aliphatic hydroxyl groups excluding tert-OH is 1. The zero-order valence-electron chi connectivity index (χ0n) is 16.6. The Bertz CT molecular complexity index is 1110. The molecule has 1 aromatic heterocycles. The molecule has 1 unspecified atom stereocenters. The number of nitrogens with one attached hydrogen (secondary N) is 1. The van der Waals surface area contributed by atoms with Crippen molar-refractivity contribution in [3.63, 3.8) is 0 Å². The van der Waals surface area contributed by atoms with Crippen molar-refractivity contribution in [2.45, 2.75) is 25.4 Å². The molecule has 8 heteroatoms. The van der Waals surface area contributed by atoms with Crippen LogP contribution in [0.15, 0.2) is 36.4 Å². The van der Waals surface area contributed by atoms with Gasteiger partial charge in [0, 0.05) is 23.9 Å². The first-order valence-electron chi connectivity index (χ1n) is 9.76. The molecule has 7 nitrogen and oxygen atoms in total. The van der Waals surface area contributed by atoms with Crippen molar-refractivity contribution >= 4 is 39.7 Å². The monoisotopic (exact) mass is 423 g/mol. The van der Waals surface area contributed by atoms with Crippen molar-refractivity contribution in [2.24, 2.45) is 0 Å². The Morgan fingerprint density at radius 3 is 2.87 bits per heavy atom. The summed E-state index contributed by atoms with van der Waals surface area (Å²) in [5.41, 5.74) is 1.51. The molecule has 0 spiro atoms. The zero-order valence-corrected chi connectivity index (χ0v) is 17.4. The van der Waals surface area contributed by atoms with Crippen LogP contribution in [-0.4, -0.2) is 41.6 Å². The number of anilines is 2. The standard InChI is InChI=1S/C22H22ClN5O2/c1-24-15-6-7-17-18(11-15)21(25-12-14-5-8-20(30-2)19(23)10-14)26-27-22(17)28-9-3-4-16(28)13-29/h5-8,10-11,16,29H,3-4,9,12-13H2,2H3,(H,25,26). The molecule has 0 bridgehead atoms. The maximum absolute atomic E-state index is 9.71. The lowest BCUT2D eigenvalue weighted by molar-refractivity contribution is 0.266. The van der Waals surface area contributed by atoms with Crippen LogP contribution in [-0.2, 0) is 6.54 Å². The van der Waals surface area contributed by atoms with Gasteiger partial charge < -0.3 is 20.1 Å². The molecule has 30 heavy (non-hydrogen) atoms. The van der Waals surface area contributed by atoms with Crippen LogP contribution in [0.3, 0.4) is 0 Å². The van der Waals surface area contributed by atoms with Crippen LogP contribution < -0.4 is 15.0 Å². The highest BCUT2D eigenvalue weighted by atomic mass is 35.5. The minimum Gasteiger partial charge on any atom is -0.495 e. The number of hydrogen-bond acceptors (Lipinski definition) is 6. The fourth-order valence-electron chi connectivity index (χ4n) is 3.85. The first-order chi connectivity index (χ1) is 14.6. The molecule has 2 N–H and O–H groups in total. The van der Waals surface area contributed by atoms with Gasteiger partial charge in [0.25, 0.3) is 0 Å². The maximum Gasteiger partial charge on any atom is 0.188 e. The van der Waals surface area contributed by atoms with Crippen molar-refractivity contribution in [3.05, 3.63) is 58.4 Å². The fraction of sp³-hybridized carbons (Fsp3) is 0.318. The van der Waals surface area contributed by atoms with Crippen LogP contribution in [0.25, 0.3) is 15.6 Å². The number of aromatic nitrogens is 2. The quantitative estimate of drug-likeness (QED) is 0.572. The molecule has 2 aromatic carbocycles. The fourth-order valence-corrected chi connectivity index (χ4v) is 4.13. The molecule has 2 heterocycles. The molecule has 3 aromatic rings. The topological polar surface area (TPSA) is 74.9 Å². The number of ether oxygens (including phenoxy) is 1. The second-order valence-corrected chi connectivity index (χ2v) is 7.62. The molecule has 0 radical (unpaired) electrons. The van der Waals surface area contributed by atoms with Gasteiger partial charge in [-0.05, 0) is 36.6 Å². The lowest BCUT2D eigenvalue weighted by atomic mass is 10.1. The van der Waals surface area contributed by atoms with E-state index in [1.165, 1.54) is 0 Å². The third kappa shape index (κ3) is 3.84. The van der Waals surface area contributed by atoms with E-state index in [0.717, 1.165) is 41.5 Å². The van der Waals surface area contributed by atoms with Gasteiger partial charge in [0.15, 0.2) is 17.3 Å². The van der Waals surface area contributed by atoms with Gasteiger partial charge in [-0.1, -0.05) is 29.8 Å². The summed E-state index contributed by atoms with van der Waals surface area (Å²) in [5.74, 6) is 1.97. The first kappa shape index (κ1) is 20.2. The number of nitrogens with zero attached hydrogens (tertiary/aromatic N) is 4. The van der Waals surface area contributed by atoms with Gasteiger partial charge >= 0.3 is 0 Å². The van der Waals surface area contributed by atoms with Crippen LogP contribution in [0.4, 0.5) is 17.3 Å². The third-order valence-corrected chi connectivity index (χ3v) is 5.70. The van der Waals surface area contributed by atoms with Crippen molar-refractivity contribution in [3.8, 4) is 5.75 Å². The Morgan fingerprint density at radius 1 is 1.27 bits per heavy atom. The molecular formula is C22H22ClN5O2. The third-order valence-electron chi connectivity index (χ3n) is 5.41. The summed E-state index contributed by atoms with van der Waals surface area (Å²) in [4.78, 5) is 5.67. The summed E-state index contributed by atoms with van der Waals surface area (Å²) in [6.45, 7) is 8.78. The molecule has 0 amide bonds. The lowest BCUT2D eigenvalue weighted by Crippen LogP contribution is -2.33. The average molecular weight is 424 g/mol. The molecule has 1 atom stereocenters. The van der Waals surface area contributed by atoms with Gasteiger partial charge in [-0.3, -0.25) is 0 Å². The summed E-state index contributed by atoms with van der Waals surface area (Å²) in [7, 11) is 1.58. The Morgan fingerprint density at radius 2 is 2.13 bits per heavy atom. The lowest BCUT2D eigenvalue weighted by Gasteiger charge is -2.25. The molecule has 1 saturated heterocycles. The zero-order chi connectivity index (χ0) is 21.1. The Labute approximate surface area is 180 Å². The first-order valence-corrected chi connectivity index (χ1v) is 10.1. The predicted molar refractivity (Wildman–Crippen MR) is 119 cm³/mol. The second-order valence-electron chi connectivity index (χ2n) is 7.21. The van der Waals surface area contributed by atoms with E-state index < -0.39 is 0 Å². The molecule has 1 aliphatic rings. The largest absolute Gasteiger partial charge is 0.495 e. The molecule has 4 rings (SSSR count). The van der Waals surface area contributed by atoms with Crippen molar-refractivity contribution in [2.75, 3.05) is 30.5 Å². The highest BCUT2D eigenvalue weighted by molar-refractivity contribution is 6.32. The summed E-state index contributed by atoms with van der Waals surface area (Å²) in [5, 5.41) is 24.2. The Kier molecular flexibility index (Phi) is 5.88. The highest BCUT2D eigenvalue weighted by Crippen LogP contribution is 2.35.